The molecular weight excluding hydrogens is 457 g/mol. The molecule has 0 saturated heterocycles. The van der Waals surface area contributed by atoms with Crippen LogP contribution in [0.1, 0.15) is 54.9 Å². The number of carbonyl (C=O) groups excluding carboxylic acids is 2. The van der Waals surface area contributed by atoms with Crippen LogP contribution >= 0.6 is 11.6 Å². The van der Waals surface area contributed by atoms with E-state index in [0.717, 1.165) is 5.56 Å². The van der Waals surface area contributed by atoms with Gasteiger partial charge in [-0.15, -0.1) is 0 Å². The quantitative estimate of drug-likeness (QED) is 0.483. The molecule has 1 aliphatic rings. The first-order valence-corrected chi connectivity index (χ1v) is 11.2. The molecule has 0 saturated carbocycles. The first kappa shape index (κ1) is 23.7. The summed E-state index contributed by atoms with van der Waals surface area (Å²) in [5, 5.41) is 0.461. The average molecular weight is 482 g/mol. The summed E-state index contributed by atoms with van der Waals surface area (Å²) < 4.78 is 19.5. The highest BCUT2D eigenvalue weighted by molar-refractivity contribution is 6.31. The van der Waals surface area contributed by atoms with Crippen LogP contribution in [0.25, 0.3) is 22.7 Å². The number of halogens is 2. The average Bonchev–Trinajstić information content (AvgIpc) is 3.09. The summed E-state index contributed by atoms with van der Waals surface area (Å²) in [6, 6.07) is 5.84. The minimum atomic E-state index is -0.609. The molecule has 4 rings (SSSR count). The van der Waals surface area contributed by atoms with Gasteiger partial charge in [0.2, 0.25) is 0 Å². The Morgan fingerprint density at radius 2 is 2.06 bits per heavy atom. The fourth-order valence-electron chi connectivity index (χ4n) is 4.24. The molecule has 3 aromatic rings. The molecule has 0 atom stereocenters. The van der Waals surface area contributed by atoms with Gasteiger partial charge in [-0.25, -0.2) is 9.18 Å². The lowest BCUT2D eigenvalue weighted by Crippen LogP contribution is -2.37. The standard InChI is InChI=1S/C26H25ClFN3O3/c1-6-15-9-16(7-8-19(15)28)24(32)31-12-18(25(33)34-14(2)3)22-21(26(4,5)13-31)23-20(30-22)10-17(27)11-29-23/h6-12,14,30H,1,13H2,2-5H3. The van der Waals surface area contributed by atoms with Crippen molar-refractivity contribution < 1.29 is 18.7 Å². The molecule has 2 aromatic heterocycles. The van der Waals surface area contributed by atoms with E-state index in [1.54, 1.807) is 26.1 Å². The minimum absolute atomic E-state index is 0.197. The second-order valence-electron chi connectivity index (χ2n) is 9.18. The first-order chi connectivity index (χ1) is 16.0. The third-order valence-electron chi connectivity index (χ3n) is 5.68. The number of H-pyrrole nitrogens is 1. The van der Waals surface area contributed by atoms with Gasteiger partial charge >= 0.3 is 5.97 Å². The summed E-state index contributed by atoms with van der Waals surface area (Å²) in [6.45, 7) is 11.3. The number of hydrogen-bond acceptors (Lipinski definition) is 4. The Balaban J connectivity index is 1.90. The van der Waals surface area contributed by atoms with Crippen LogP contribution in [0.15, 0.2) is 43.2 Å². The van der Waals surface area contributed by atoms with Gasteiger partial charge in [0.1, 0.15) is 5.82 Å². The van der Waals surface area contributed by atoms with Gasteiger partial charge in [-0.3, -0.25) is 9.78 Å². The molecule has 3 heterocycles. The van der Waals surface area contributed by atoms with E-state index in [4.69, 9.17) is 16.3 Å². The maximum atomic E-state index is 14.0. The third kappa shape index (κ3) is 4.23. The van der Waals surface area contributed by atoms with E-state index < -0.39 is 17.2 Å². The van der Waals surface area contributed by atoms with Gasteiger partial charge in [0.15, 0.2) is 0 Å². The molecule has 0 bridgehead atoms. The number of nitrogens with zero attached hydrogens (tertiary/aromatic N) is 2. The van der Waals surface area contributed by atoms with Crippen molar-refractivity contribution in [2.24, 2.45) is 0 Å². The second-order valence-corrected chi connectivity index (χ2v) is 9.62. The highest BCUT2D eigenvalue weighted by Crippen LogP contribution is 2.40. The number of aromatic nitrogens is 2. The Kier molecular flexibility index (Phi) is 6.08. The van der Waals surface area contributed by atoms with Crippen molar-refractivity contribution in [3.05, 3.63) is 76.5 Å². The lowest BCUT2D eigenvalue weighted by molar-refractivity contribution is -0.140. The van der Waals surface area contributed by atoms with Crippen LogP contribution in [-0.4, -0.2) is 39.4 Å². The molecule has 0 radical (unpaired) electrons. The number of esters is 1. The predicted octanol–water partition coefficient (Wildman–Crippen LogP) is 5.72. The summed E-state index contributed by atoms with van der Waals surface area (Å²) in [4.78, 5) is 35.9. The maximum Gasteiger partial charge on any atom is 0.342 e. The number of ether oxygens (including phenoxy) is 1. The van der Waals surface area contributed by atoms with E-state index in [0.29, 0.717) is 21.7 Å². The molecule has 1 aromatic carbocycles. The van der Waals surface area contributed by atoms with Crippen molar-refractivity contribution in [1.29, 1.82) is 0 Å². The van der Waals surface area contributed by atoms with Crippen molar-refractivity contribution in [1.82, 2.24) is 14.9 Å². The lowest BCUT2D eigenvalue weighted by Gasteiger charge is -2.29. The van der Waals surface area contributed by atoms with Gasteiger partial charge in [-0.2, -0.15) is 0 Å². The van der Waals surface area contributed by atoms with Crippen molar-refractivity contribution in [2.45, 2.75) is 39.2 Å². The Bertz CT molecular complexity index is 1360. The van der Waals surface area contributed by atoms with Crippen LogP contribution in [0.4, 0.5) is 4.39 Å². The molecule has 0 spiro atoms. The molecule has 6 nitrogen and oxygen atoms in total. The van der Waals surface area contributed by atoms with Gasteiger partial charge in [0.25, 0.3) is 5.91 Å². The van der Waals surface area contributed by atoms with Crippen molar-refractivity contribution >= 4 is 46.2 Å². The van der Waals surface area contributed by atoms with E-state index in [9.17, 15) is 14.0 Å². The van der Waals surface area contributed by atoms with Gasteiger partial charge in [-0.1, -0.05) is 38.1 Å². The molecular formula is C26H25ClFN3O3. The van der Waals surface area contributed by atoms with Crippen molar-refractivity contribution in [3.8, 4) is 0 Å². The van der Waals surface area contributed by atoms with Crippen LogP contribution < -0.4 is 0 Å². The van der Waals surface area contributed by atoms with E-state index in [1.807, 2.05) is 13.8 Å². The molecule has 1 amide bonds. The molecule has 1 N–H and O–H groups in total. The summed E-state index contributed by atoms with van der Waals surface area (Å²) in [6.07, 6.45) is 4.04. The summed E-state index contributed by atoms with van der Waals surface area (Å²) in [7, 11) is 0. The van der Waals surface area contributed by atoms with E-state index in [1.165, 1.54) is 35.4 Å². The molecule has 8 heteroatoms. The Morgan fingerprint density at radius 1 is 1.32 bits per heavy atom. The predicted molar refractivity (Wildman–Crippen MR) is 131 cm³/mol. The second kappa shape index (κ2) is 8.72. The topological polar surface area (TPSA) is 75.3 Å². The number of benzene rings is 1. The zero-order valence-corrected chi connectivity index (χ0v) is 20.2. The normalized spacial score (nSPS) is 15.0. The van der Waals surface area contributed by atoms with E-state index >= 15 is 0 Å². The number of pyridine rings is 1. The van der Waals surface area contributed by atoms with Crippen LogP contribution in [0.2, 0.25) is 5.02 Å². The smallest absolute Gasteiger partial charge is 0.342 e. The number of rotatable bonds is 4. The van der Waals surface area contributed by atoms with Crippen LogP contribution in [0.5, 0.6) is 0 Å². The van der Waals surface area contributed by atoms with E-state index in [-0.39, 0.29) is 35.3 Å². The number of nitrogens with one attached hydrogen (secondary N) is 1. The number of fused-ring (bicyclic) bond motifs is 3. The maximum absolute atomic E-state index is 14.0. The molecule has 0 unspecified atom stereocenters. The van der Waals surface area contributed by atoms with Crippen LogP contribution in [0.3, 0.4) is 0 Å². The van der Waals surface area contributed by atoms with Gasteiger partial charge in [-0.05, 0) is 38.1 Å². The first-order valence-electron chi connectivity index (χ1n) is 10.9. The van der Waals surface area contributed by atoms with Gasteiger partial charge in [0, 0.05) is 41.0 Å². The molecule has 34 heavy (non-hydrogen) atoms. The van der Waals surface area contributed by atoms with Gasteiger partial charge < -0.3 is 14.6 Å². The summed E-state index contributed by atoms with van der Waals surface area (Å²) >= 11 is 6.15. The number of aromatic amines is 1. The number of carbonyl (C=O) groups is 2. The largest absolute Gasteiger partial charge is 0.459 e. The Hall–Kier alpha value is -3.45. The third-order valence-corrected chi connectivity index (χ3v) is 5.89. The van der Waals surface area contributed by atoms with Crippen LogP contribution in [-0.2, 0) is 14.9 Å². The Morgan fingerprint density at radius 3 is 2.74 bits per heavy atom. The van der Waals surface area contributed by atoms with E-state index in [2.05, 4.69) is 16.5 Å². The minimum Gasteiger partial charge on any atom is -0.459 e. The van der Waals surface area contributed by atoms with Gasteiger partial charge in [0.05, 0.1) is 33.4 Å². The number of hydrogen-bond donors (Lipinski definition) is 1. The highest BCUT2D eigenvalue weighted by Gasteiger charge is 2.38. The zero-order chi connectivity index (χ0) is 24.8. The number of amides is 1. The zero-order valence-electron chi connectivity index (χ0n) is 19.4. The molecule has 0 aliphatic carbocycles. The highest BCUT2D eigenvalue weighted by atomic mass is 35.5. The van der Waals surface area contributed by atoms with Crippen molar-refractivity contribution in [2.75, 3.05) is 6.54 Å². The molecule has 1 aliphatic heterocycles. The summed E-state index contributed by atoms with van der Waals surface area (Å²) in [5.41, 5.74) is 2.75. The van der Waals surface area contributed by atoms with Crippen molar-refractivity contribution in [3.63, 3.8) is 0 Å². The molecule has 0 fully saturated rings. The fourth-order valence-corrected chi connectivity index (χ4v) is 4.40. The summed E-state index contributed by atoms with van der Waals surface area (Å²) in [5.74, 6) is -1.42. The van der Waals surface area contributed by atoms with Crippen LogP contribution in [0, 0.1) is 5.82 Å². The monoisotopic (exact) mass is 481 g/mol. The SMILES string of the molecule is C=Cc1cc(C(=O)N2C=C(C(=O)OC(C)C)c3[nH]c4cc(Cl)cnc4c3C(C)(C)C2)ccc1F. The Labute approximate surface area is 202 Å². The molecule has 176 valence electrons. The fraction of sp³-hybridized carbons (Fsp3) is 0.269. The lowest BCUT2D eigenvalue weighted by atomic mass is 9.83.